The SMILES string of the molecule is CCNC(=NCc1ccc(N2CCN(CC)CC2)c(F)c1)NCCCOCc1ccco1. The van der Waals surface area contributed by atoms with Crippen LogP contribution in [0.1, 0.15) is 31.6 Å². The number of benzene rings is 1. The molecule has 1 saturated heterocycles. The molecule has 1 fully saturated rings. The predicted octanol–water partition coefficient (Wildman–Crippen LogP) is 3.22. The maximum Gasteiger partial charge on any atom is 0.191 e. The number of likely N-dealkylation sites (N-methyl/N-ethyl adjacent to an activating group) is 1. The van der Waals surface area contributed by atoms with E-state index in [9.17, 15) is 4.39 Å². The molecule has 176 valence electrons. The van der Waals surface area contributed by atoms with Gasteiger partial charge >= 0.3 is 0 Å². The van der Waals surface area contributed by atoms with Crippen molar-refractivity contribution in [1.29, 1.82) is 0 Å². The lowest BCUT2D eigenvalue weighted by Gasteiger charge is -2.35. The normalized spacial score (nSPS) is 15.2. The first-order chi connectivity index (χ1) is 15.7. The molecule has 0 spiro atoms. The number of hydrogen-bond acceptors (Lipinski definition) is 5. The summed E-state index contributed by atoms with van der Waals surface area (Å²) in [4.78, 5) is 9.12. The highest BCUT2D eigenvalue weighted by Crippen LogP contribution is 2.22. The van der Waals surface area contributed by atoms with Gasteiger partial charge in [-0.25, -0.2) is 9.38 Å². The molecule has 0 aliphatic carbocycles. The number of ether oxygens (including phenoxy) is 1. The quantitative estimate of drug-likeness (QED) is 0.315. The van der Waals surface area contributed by atoms with E-state index in [4.69, 9.17) is 9.15 Å². The molecule has 2 N–H and O–H groups in total. The largest absolute Gasteiger partial charge is 0.467 e. The molecule has 1 aromatic carbocycles. The van der Waals surface area contributed by atoms with Crippen LogP contribution in [0.4, 0.5) is 10.1 Å². The van der Waals surface area contributed by atoms with Crippen molar-refractivity contribution < 1.29 is 13.5 Å². The zero-order chi connectivity index (χ0) is 22.6. The van der Waals surface area contributed by atoms with Crippen LogP contribution in [0, 0.1) is 5.82 Å². The monoisotopic (exact) mass is 445 g/mol. The van der Waals surface area contributed by atoms with Crippen LogP contribution in [0.2, 0.25) is 0 Å². The van der Waals surface area contributed by atoms with Crippen molar-refractivity contribution in [2.75, 3.05) is 57.3 Å². The summed E-state index contributed by atoms with van der Waals surface area (Å²) in [6.45, 7) is 12.0. The Morgan fingerprint density at radius 2 is 2.00 bits per heavy atom. The molecule has 32 heavy (non-hydrogen) atoms. The van der Waals surface area contributed by atoms with Crippen molar-refractivity contribution in [3.63, 3.8) is 0 Å². The van der Waals surface area contributed by atoms with Gasteiger partial charge in [0.05, 0.1) is 18.5 Å². The van der Waals surface area contributed by atoms with Gasteiger partial charge in [-0.1, -0.05) is 13.0 Å². The van der Waals surface area contributed by atoms with Crippen LogP contribution in [0.15, 0.2) is 46.0 Å². The number of rotatable bonds is 11. The number of nitrogens with zero attached hydrogens (tertiary/aromatic N) is 3. The Balaban J connectivity index is 1.43. The molecule has 0 radical (unpaired) electrons. The molecule has 2 heterocycles. The van der Waals surface area contributed by atoms with Crippen molar-refractivity contribution in [2.45, 2.75) is 33.4 Å². The van der Waals surface area contributed by atoms with Crippen LogP contribution in [0.3, 0.4) is 0 Å². The van der Waals surface area contributed by atoms with Crippen LogP contribution >= 0.6 is 0 Å². The third-order valence-electron chi connectivity index (χ3n) is 5.52. The van der Waals surface area contributed by atoms with Crippen LogP contribution < -0.4 is 15.5 Å². The van der Waals surface area contributed by atoms with E-state index in [0.717, 1.165) is 69.5 Å². The zero-order valence-electron chi connectivity index (χ0n) is 19.3. The van der Waals surface area contributed by atoms with Crippen molar-refractivity contribution in [3.05, 3.63) is 53.7 Å². The number of halogens is 1. The summed E-state index contributed by atoms with van der Waals surface area (Å²) in [5.41, 5.74) is 1.55. The van der Waals surface area contributed by atoms with Gasteiger partial charge in [0.25, 0.3) is 0 Å². The fourth-order valence-corrected chi connectivity index (χ4v) is 3.67. The summed E-state index contributed by atoms with van der Waals surface area (Å²) in [5.74, 6) is 1.38. The molecule has 8 heteroatoms. The highest BCUT2D eigenvalue weighted by atomic mass is 19.1. The Morgan fingerprint density at radius 3 is 2.69 bits per heavy atom. The van der Waals surface area contributed by atoms with Crippen LogP contribution in [0.5, 0.6) is 0 Å². The number of nitrogens with one attached hydrogen (secondary N) is 2. The first kappa shape index (κ1) is 24.1. The molecule has 0 atom stereocenters. The van der Waals surface area contributed by atoms with Crippen LogP contribution in [0.25, 0.3) is 0 Å². The predicted molar refractivity (Wildman–Crippen MR) is 127 cm³/mol. The molecule has 7 nitrogen and oxygen atoms in total. The fraction of sp³-hybridized carbons (Fsp3) is 0.542. The van der Waals surface area contributed by atoms with Gasteiger partial charge in [0, 0.05) is 45.9 Å². The Morgan fingerprint density at radius 1 is 1.16 bits per heavy atom. The highest BCUT2D eigenvalue weighted by Gasteiger charge is 2.18. The number of hydrogen-bond donors (Lipinski definition) is 2. The second-order valence-electron chi connectivity index (χ2n) is 7.81. The van der Waals surface area contributed by atoms with Gasteiger partial charge in [-0.2, -0.15) is 0 Å². The van der Waals surface area contributed by atoms with Crippen molar-refractivity contribution in [1.82, 2.24) is 15.5 Å². The summed E-state index contributed by atoms with van der Waals surface area (Å²) in [6, 6.07) is 9.22. The lowest BCUT2D eigenvalue weighted by Crippen LogP contribution is -2.46. The minimum atomic E-state index is -0.172. The summed E-state index contributed by atoms with van der Waals surface area (Å²) in [6.07, 6.45) is 2.49. The third-order valence-corrected chi connectivity index (χ3v) is 5.52. The van der Waals surface area contributed by atoms with Crippen LogP contribution in [-0.4, -0.2) is 63.3 Å². The molecule has 1 aliphatic heterocycles. The molecule has 3 rings (SSSR count). The molecule has 0 saturated carbocycles. The molecule has 0 bridgehead atoms. The van der Waals surface area contributed by atoms with E-state index in [1.54, 1.807) is 12.3 Å². The molecule has 2 aromatic rings. The second-order valence-corrected chi connectivity index (χ2v) is 7.81. The van der Waals surface area contributed by atoms with Gasteiger partial charge in [-0.3, -0.25) is 0 Å². The second kappa shape index (κ2) is 13.1. The Labute approximate surface area is 190 Å². The number of aliphatic imine (C=N–C) groups is 1. The molecule has 1 aliphatic rings. The first-order valence-corrected chi connectivity index (χ1v) is 11.6. The fourth-order valence-electron chi connectivity index (χ4n) is 3.67. The van der Waals surface area contributed by atoms with Gasteiger partial charge < -0.3 is 29.6 Å². The van der Waals surface area contributed by atoms with E-state index in [-0.39, 0.29) is 5.82 Å². The standard InChI is InChI=1S/C24H36FN5O2/c1-3-26-24(27-10-6-15-31-19-21-7-5-16-32-21)28-18-20-8-9-23(22(25)17-20)30-13-11-29(4-2)12-14-30/h5,7-9,16-17H,3-4,6,10-15,18-19H2,1-2H3,(H2,26,27,28). The minimum absolute atomic E-state index is 0.172. The maximum absolute atomic E-state index is 14.8. The maximum atomic E-state index is 14.8. The van der Waals surface area contributed by atoms with E-state index in [2.05, 4.69) is 32.3 Å². The summed E-state index contributed by atoms with van der Waals surface area (Å²) in [5, 5.41) is 6.53. The summed E-state index contributed by atoms with van der Waals surface area (Å²) >= 11 is 0. The lowest BCUT2D eigenvalue weighted by atomic mass is 10.1. The molecule has 1 aromatic heterocycles. The van der Waals surface area contributed by atoms with Gasteiger partial charge in [0.2, 0.25) is 0 Å². The van der Waals surface area contributed by atoms with Gasteiger partial charge in [0.1, 0.15) is 18.2 Å². The molecular formula is C24H36FN5O2. The minimum Gasteiger partial charge on any atom is -0.467 e. The third kappa shape index (κ3) is 7.53. The molecule has 0 unspecified atom stereocenters. The number of piperazine rings is 1. The van der Waals surface area contributed by atoms with Crippen molar-refractivity contribution in [3.8, 4) is 0 Å². The average molecular weight is 446 g/mol. The van der Waals surface area contributed by atoms with E-state index in [1.165, 1.54) is 0 Å². The highest BCUT2D eigenvalue weighted by molar-refractivity contribution is 5.79. The Bertz CT molecular complexity index is 820. The van der Waals surface area contributed by atoms with Gasteiger partial charge in [0.15, 0.2) is 5.96 Å². The summed E-state index contributed by atoms with van der Waals surface area (Å²) in [7, 11) is 0. The van der Waals surface area contributed by atoms with Crippen molar-refractivity contribution in [2.24, 2.45) is 4.99 Å². The van der Waals surface area contributed by atoms with Crippen molar-refractivity contribution >= 4 is 11.6 Å². The first-order valence-electron chi connectivity index (χ1n) is 11.6. The lowest BCUT2D eigenvalue weighted by molar-refractivity contribution is 0.105. The molecule has 0 amide bonds. The zero-order valence-corrected chi connectivity index (χ0v) is 19.3. The Hall–Kier alpha value is -2.58. The Kier molecular flexibility index (Phi) is 9.84. The smallest absolute Gasteiger partial charge is 0.191 e. The topological polar surface area (TPSA) is 65.3 Å². The average Bonchev–Trinajstić information content (AvgIpc) is 3.33. The summed E-state index contributed by atoms with van der Waals surface area (Å²) < 4.78 is 25.6. The van der Waals surface area contributed by atoms with E-state index in [1.807, 2.05) is 31.2 Å². The van der Waals surface area contributed by atoms with Gasteiger partial charge in [-0.05, 0) is 49.7 Å². The van der Waals surface area contributed by atoms with E-state index in [0.29, 0.717) is 25.4 Å². The van der Waals surface area contributed by atoms with E-state index < -0.39 is 0 Å². The van der Waals surface area contributed by atoms with Gasteiger partial charge in [-0.15, -0.1) is 0 Å². The number of anilines is 1. The number of furan rings is 1. The van der Waals surface area contributed by atoms with Crippen LogP contribution in [-0.2, 0) is 17.9 Å². The molecular weight excluding hydrogens is 409 g/mol. The van der Waals surface area contributed by atoms with E-state index >= 15 is 0 Å². The number of guanidine groups is 1.